The second-order valence-corrected chi connectivity index (χ2v) is 9.36. The number of para-hydroxylation sites is 1. The van der Waals surface area contributed by atoms with E-state index in [9.17, 15) is 23.1 Å². The molecular weight excluding hydrogens is 465 g/mol. The molecule has 0 atom stereocenters. The number of aromatic nitrogens is 1. The van der Waals surface area contributed by atoms with E-state index < -0.39 is 17.7 Å². The van der Waals surface area contributed by atoms with Gasteiger partial charge in [0.2, 0.25) is 0 Å². The molecule has 1 aliphatic rings. The van der Waals surface area contributed by atoms with Crippen LogP contribution < -0.4 is 0 Å². The van der Waals surface area contributed by atoms with Gasteiger partial charge in [-0.3, -0.25) is 4.90 Å². The number of rotatable bonds is 7. The topological polar surface area (TPSA) is 45.5 Å². The van der Waals surface area contributed by atoms with Gasteiger partial charge in [-0.15, -0.1) is 0 Å². The average molecular weight is 493 g/mol. The van der Waals surface area contributed by atoms with Crippen molar-refractivity contribution < 1.29 is 23.1 Å². The Balaban J connectivity index is 1.26. The Labute approximate surface area is 207 Å². The normalized spacial score (nSPS) is 14.2. The molecule has 3 aromatic carbocycles. The van der Waals surface area contributed by atoms with Gasteiger partial charge in [-0.2, -0.15) is 13.2 Å². The molecule has 0 aliphatic carbocycles. The Hall–Kier alpha value is -3.58. The molecule has 0 spiro atoms. The highest BCUT2D eigenvalue weighted by Gasteiger charge is 2.31. The first-order chi connectivity index (χ1) is 17.3. The molecule has 0 saturated heterocycles. The molecule has 0 fully saturated rings. The number of fused-ring (bicyclic) bond motifs is 2. The van der Waals surface area contributed by atoms with Crippen molar-refractivity contribution in [3.8, 4) is 5.69 Å². The fourth-order valence-electron chi connectivity index (χ4n) is 5.06. The van der Waals surface area contributed by atoms with Crippen molar-refractivity contribution in [3.63, 3.8) is 0 Å². The number of carboxylic acid groups (broad SMARTS) is 1. The van der Waals surface area contributed by atoms with Crippen LogP contribution in [0.2, 0.25) is 0 Å². The predicted molar refractivity (Wildman–Crippen MR) is 134 cm³/mol. The van der Waals surface area contributed by atoms with Gasteiger partial charge in [-0.05, 0) is 91.4 Å². The maximum Gasteiger partial charge on any atom is 0.416 e. The Morgan fingerprint density at radius 1 is 0.944 bits per heavy atom. The number of aromatic carboxylic acids is 1. The van der Waals surface area contributed by atoms with E-state index in [1.165, 1.54) is 12.1 Å². The minimum absolute atomic E-state index is 0.273. The molecule has 5 rings (SSSR count). The molecule has 0 amide bonds. The molecule has 186 valence electrons. The third-order valence-electron chi connectivity index (χ3n) is 6.96. The van der Waals surface area contributed by atoms with Crippen LogP contribution in [0.5, 0.6) is 0 Å². The van der Waals surface area contributed by atoms with Gasteiger partial charge in [-0.1, -0.05) is 24.3 Å². The van der Waals surface area contributed by atoms with Gasteiger partial charge in [-0.25, -0.2) is 4.79 Å². The van der Waals surface area contributed by atoms with E-state index in [4.69, 9.17) is 0 Å². The minimum atomic E-state index is -4.30. The van der Waals surface area contributed by atoms with E-state index in [1.54, 1.807) is 18.2 Å². The highest BCUT2D eigenvalue weighted by atomic mass is 19.4. The molecule has 7 heteroatoms. The lowest BCUT2D eigenvalue weighted by atomic mass is 9.97. The van der Waals surface area contributed by atoms with Crippen LogP contribution in [0.3, 0.4) is 0 Å². The summed E-state index contributed by atoms with van der Waals surface area (Å²) in [6.07, 6.45) is 1.12. The summed E-state index contributed by atoms with van der Waals surface area (Å²) in [6.45, 7) is 2.30. The van der Waals surface area contributed by atoms with Crippen LogP contribution >= 0.6 is 0 Å². The molecule has 1 aliphatic heterocycles. The number of aryl methyl sites for hydroxylation is 1. The lowest BCUT2D eigenvalue weighted by molar-refractivity contribution is -0.137. The zero-order valence-corrected chi connectivity index (χ0v) is 19.8. The van der Waals surface area contributed by atoms with E-state index in [0.717, 1.165) is 65.6 Å². The number of benzene rings is 3. The molecule has 2 heterocycles. The van der Waals surface area contributed by atoms with Crippen LogP contribution in [-0.4, -0.2) is 33.6 Å². The summed E-state index contributed by atoms with van der Waals surface area (Å²) in [6, 6.07) is 19.3. The zero-order valence-electron chi connectivity index (χ0n) is 19.8. The Bertz CT molecular complexity index is 1390. The van der Waals surface area contributed by atoms with Crippen LogP contribution in [0, 0.1) is 0 Å². The quantitative estimate of drug-likeness (QED) is 0.291. The fraction of sp³-hybridized carbons (Fsp3) is 0.276. The van der Waals surface area contributed by atoms with Crippen LogP contribution in [0.15, 0.2) is 72.9 Å². The second kappa shape index (κ2) is 9.82. The smallest absolute Gasteiger partial charge is 0.416 e. The predicted octanol–water partition coefficient (Wildman–Crippen LogP) is 6.73. The summed E-state index contributed by atoms with van der Waals surface area (Å²) < 4.78 is 41.1. The maximum atomic E-state index is 13.0. The minimum Gasteiger partial charge on any atom is -0.478 e. The van der Waals surface area contributed by atoms with Gasteiger partial charge in [0.1, 0.15) is 0 Å². The molecule has 4 nitrogen and oxygen atoms in total. The Kier molecular flexibility index (Phi) is 6.58. The number of halogens is 3. The molecule has 36 heavy (non-hydrogen) atoms. The summed E-state index contributed by atoms with van der Waals surface area (Å²) in [5.41, 5.74) is 4.58. The molecule has 4 aromatic rings. The van der Waals surface area contributed by atoms with Crippen LogP contribution in [-0.2, 0) is 25.6 Å². The van der Waals surface area contributed by atoms with Crippen molar-refractivity contribution in [1.82, 2.24) is 9.47 Å². The number of carbonyl (C=O) groups is 1. The largest absolute Gasteiger partial charge is 0.478 e. The lowest BCUT2D eigenvalue weighted by Gasteiger charge is -2.29. The van der Waals surface area contributed by atoms with Crippen molar-refractivity contribution >= 4 is 16.9 Å². The van der Waals surface area contributed by atoms with Gasteiger partial charge in [0.25, 0.3) is 0 Å². The third-order valence-corrected chi connectivity index (χ3v) is 6.96. The monoisotopic (exact) mass is 492 g/mol. The lowest BCUT2D eigenvalue weighted by Crippen LogP contribution is -2.31. The summed E-state index contributed by atoms with van der Waals surface area (Å²) in [5.74, 6) is -0.942. The van der Waals surface area contributed by atoms with Crippen molar-refractivity contribution in [2.24, 2.45) is 0 Å². The van der Waals surface area contributed by atoms with E-state index in [2.05, 4.69) is 15.7 Å². The van der Waals surface area contributed by atoms with Gasteiger partial charge in [0.15, 0.2) is 0 Å². The van der Waals surface area contributed by atoms with Crippen LogP contribution in [0.1, 0.15) is 45.5 Å². The molecule has 0 bridgehead atoms. The molecule has 0 unspecified atom stereocenters. The molecule has 0 radical (unpaired) electrons. The maximum absolute atomic E-state index is 13.0. The highest BCUT2D eigenvalue weighted by Crippen LogP contribution is 2.32. The molecule has 1 aromatic heterocycles. The van der Waals surface area contributed by atoms with Crippen molar-refractivity contribution in [1.29, 1.82) is 0 Å². The van der Waals surface area contributed by atoms with E-state index in [0.29, 0.717) is 13.0 Å². The standard InChI is InChI=1S/C29H27F3N2O2/c30-29(31,32)24-11-9-22-18-33(15-13-20(22)16-24)14-5-4-6-23-19-34(25-7-2-1-3-8-25)27-12-10-21(28(35)36)17-26(23)27/h1-3,7-12,16-17,19H,4-6,13-15,18H2,(H,35,36). The number of carboxylic acids is 1. The first-order valence-corrected chi connectivity index (χ1v) is 12.1. The first kappa shape index (κ1) is 24.1. The van der Waals surface area contributed by atoms with Crippen LogP contribution in [0.4, 0.5) is 13.2 Å². The van der Waals surface area contributed by atoms with Crippen LogP contribution in [0.25, 0.3) is 16.6 Å². The highest BCUT2D eigenvalue weighted by molar-refractivity contribution is 5.95. The number of hydrogen-bond acceptors (Lipinski definition) is 2. The Morgan fingerprint density at radius 3 is 2.50 bits per heavy atom. The first-order valence-electron chi connectivity index (χ1n) is 12.1. The van der Waals surface area contributed by atoms with Gasteiger partial charge < -0.3 is 9.67 Å². The number of hydrogen-bond donors (Lipinski definition) is 1. The molecular formula is C29H27F3N2O2. The van der Waals surface area contributed by atoms with E-state index in [1.807, 2.05) is 36.4 Å². The second-order valence-electron chi connectivity index (χ2n) is 9.36. The SMILES string of the molecule is O=C(O)c1ccc2c(c1)c(CCCCN1CCc3cc(C(F)(F)F)ccc3C1)cn2-c1ccccc1. The fourth-order valence-corrected chi connectivity index (χ4v) is 5.06. The van der Waals surface area contributed by atoms with Crippen molar-refractivity contribution in [2.75, 3.05) is 13.1 Å². The summed E-state index contributed by atoms with van der Waals surface area (Å²) in [5, 5.41) is 10.4. The van der Waals surface area contributed by atoms with Crippen molar-refractivity contribution in [3.05, 3.63) is 101 Å². The number of alkyl halides is 3. The number of unbranched alkanes of at least 4 members (excludes halogenated alkanes) is 1. The van der Waals surface area contributed by atoms with E-state index in [-0.39, 0.29) is 5.56 Å². The zero-order chi connectivity index (χ0) is 25.3. The number of nitrogens with zero attached hydrogens (tertiary/aromatic N) is 2. The van der Waals surface area contributed by atoms with Crippen molar-refractivity contribution in [2.45, 2.75) is 38.4 Å². The van der Waals surface area contributed by atoms with Gasteiger partial charge in [0.05, 0.1) is 16.6 Å². The summed E-state index contributed by atoms with van der Waals surface area (Å²) in [7, 11) is 0. The van der Waals surface area contributed by atoms with Gasteiger partial charge >= 0.3 is 12.1 Å². The summed E-state index contributed by atoms with van der Waals surface area (Å²) >= 11 is 0. The van der Waals surface area contributed by atoms with E-state index >= 15 is 0 Å². The Morgan fingerprint density at radius 2 is 1.75 bits per heavy atom. The average Bonchev–Trinajstić information content (AvgIpc) is 3.24. The summed E-state index contributed by atoms with van der Waals surface area (Å²) in [4.78, 5) is 13.9. The molecule has 0 saturated carbocycles. The van der Waals surface area contributed by atoms with Gasteiger partial charge in [0, 0.05) is 30.4 Å². The third kappa shape index (κ3) is 5.02. The molecule has 1 N–H and O–H groups in total.